The summed E-state index contributed by atoms with van der Waals surface area (Å²) in [5.41, 5.74) is 1.57. The van der Waals surface area contributed by atoms with Crippen LogP contribution in [0.1, 0.15) is 26.4 Å². The quantitative estimate of drug-likeness (QED) is 0.594. The summed E-state index contributed by atoms with van der Waals surface area (Å²) in [7, 11) is 3.31. The minimum absolute atomic E-state index is 0.0560. The first-order valence-corrected chi connectivity index (χ1v) is 8.98. The van der Waals surface area contributed by atoms with Gasteiger partial charge in [-0.3, -0.25) is 9.59 Å². The molecule has 2 aromatic carbocycles. The molecule has 0 spiro atoms. The molecule has 0 atom stereocenters. The minimum atomic E-state index is -0.536. The molecule has 2 amide bonds. The van der Waals surface area contributed by atoms with Gasteiger partial charge in [0.25, 0.3) is 11.8 Å². The van der Waals surface area contributed by atoms with E-state index < -0.39 is 11.7 Å². The molecule has 29 heavy (non-hydrogen) atoms. The summed E-state index contributed by atoms with van der Waals surface area (Å²) < 4.78 is 0. The zero-order chi connectivity index (χ0) is 21.1. The molecule has 1 heterocycles. The molecule has 0 fully saturated rings. The van der Waals surface area contributed by atoms with Crippen LogP contribution in [0.2, 0.25) is 5.02 Å². The third-order valence-electron chi connectivity index (χ3n) is 4.26. The number of benzene rings is 2. The van der Waals surface area contributed by atoms with E-state index in [1.165, 1.54) is 22.2 Å². The van der Waals surface area contributed by atoms with E-state index >= 15 is 0 Å². The molecule has 0 saturated heterocycles. The van der Waals surface area contributed by atoms with Crippen molar-refractivity contribution in [2.75, 3.05) is 19.0 Å². The lowest BCUT2D eigenvalue weighted by Gasteiger charge is -2.23. The van der Waals surface area contributed by atoms with Gasteiger partial charge in [0, 0.05) is 37.6 Å². The first-order chi connectivity index (χ1) is 13.8. The van der Waals surface area contributed by atoms with Crippen molar-refractivity contribution in [2.45, 2.75) is 6.54 Å². The first kappa shape index (κ1) is 20.2. The molecular formula is C20H19ClN4O4. The number of amides is 2. The van der Waals surface area contributed by atoms with Crippen LogP contribution < -0.4 is 4.90 Å². The van der Waals surface area contributed by atoms with Crippen molar-refractivity contribution in [2.24, 2.45) is 0 Å². The molecule has 3 rings (SSSR count). The van der Waals surface area contributed by atoms with E-state index in [1.807, 2.05) is 0 Å². The Labute approximate surface area is 172 Å². The standard InChI is InChI=1S/C20H19ClN4O4/c1-24(2)19(28)12-3-5-14(6-4-12)25(10-13-9-22-11-23-13)20(29)15-7-16(21)18(27)8-17(15)26/h3-9,11,26-27H,10H2,1-2H3,(H,22,23). The van der Waals surface area contributed by atoms with Gasteiger partial charge in [-0.15, -0.1) is 0 Å². The number of rotatable bonds is 5. The van der Waals surface area contributed by atoms with E-state index in [4.69, 9.17) is 11.6 Å². The number of aromatic amines is 1. The van der Waals surface area contributed by atoms with Gasteiger partial charge in [0.05, 0.1) is 29.2 Å². The number of carbonyl (C=O) groups is 2. The van der Waals surface area contributed by atoms with Crippen LogP contribution in [0.5, 0.6) is 11.5 Å². The number of phenolic OH excluding ortho intramolecular Hbond substituents is 2. The lowest BCUT2D eigenvalue weighted by atomic mass is 10.1. The highest BCUT2D eigenvalue weighted by Crippen LogP contribution is 2.33. The van der Waals surface area contributed by atoms with E-state index in [0.29, 0.717) is 16.9 Å². The topological polar surface area (TPSA) is 110 Å². The molecule has 3 N–H and O–H groups in total. The average Bonchev–Trinajstić information content (AvgIpc) is 3.21. The number of aromatic hydroxyl groups is 2. The Kier molecular flexibility index (Phi) is 5.74. The fraction of sp³-hybridized carbons (Fsp3) is 0.150. The fourth-order valence-electron chi connectivity index (χ4n) is 2.73. The highest BCUT2D eigenvalue weighted by molar-refractivity contribution is 6.32. The lowest BCUT2D eigenvalue weighted by molar-refractivity contribution is 0.0827. The number of carbonyl (C=O) groups excluding carboxylic acids is 2. The maximum absolute atomic E-state index is 13.2. The highest BCUT2D eigenvalue weighted by Gasteiger charge is 2.23. The van der Waals surface area contributed by atoms with Gasteiger partial charge < -0.3 is 25.0 Å². The number of H-pyrrole nitrogens is 1. The van der Waals surface area contributed by atoms with Crippen LogP contribution in [0, 0.1) is 0 Å². The summed E-state index contributed by atoms with van der Waals surface area (Å²) >= 11 is 5.92. The Morgan fingerprint density at radius 2 is 1.76 bits per heavy atom. The van der Waals surface area contributed by atoms with Crippen LogP contribution in [-0.2, 0) is 6.54 Å². The minimum Gasteiger partial charge on any atom is -0.507 e. The third kappa shape index (κ3) is 4.33. The molecule has 150 valence electrons. The Morgan fingerprint density at radius 1 is 1.07 bits per heavy atom. The van der Waals surface area contributed by atoms with Gasteiger partial charge in [-0.25, -0.2) is 4.98 Å². The Balaban J connectivity index is 2.00. The van der Waals surface area contributed by atoms with Crippen molar-refractivity contribution < 1.29 is 19.8 Å². The van der Waals surface area contributed by atoms with Crippen molar-refractivity contribution in [1.29, 1.82) is 0 Å². The average molecular weight is 415 g/mol. The van der Waals surface area contributed by atoms with Crippen molar-refractivity contribution in [1.82, 2.24) is 14.9 Å². The first-order valence-electron chi connectivity index (χ1n) is 8.60. The van der Waals surface area contributed by atoms with Gasteiger partial charge in [-0.1, -0.05) is 11.6 Å². The Hall–Kier alpha value is -3.52. The predicted molar refractivity (Wildman–Crippen MR) is 108 cm³/mol. The summed E-state index contributed by atoms with van der Waals surface area (Å²) in [5, 5.41) is 19.7. The molecule has 1 aromatic heterocycles. The van der Waals surface area contributed by atoms with E-state index in [1.54, 1.807) is 44.6 Å². The molecule has 0 unspecified atom stereocenters. The van der Waals surface area contributed by atoms with Gasteiger partial charge in [0.15, 0.2) is 0 Å². The summed E-state index contributed by atoms with van der Waals surface area (Å²) in [6.45, 7) is 0.137. The zero-order valence-electron chi connectivity index (χ0n) is 15.8. The number of imidazole rings is 1. The molecular weight excluding hydrogens is 396 g/mol. The van der Waals surface area contributed by atoms with Crippen LogP contribution >= 0.6 is 11.6 Å². The number of hydrogen-bond acceptors (Lipinski definition) is 5. The van der Waals surface area contributed by atoms with Crippen molar-refractivity contribution >= 4 is 29.1 Å². The molecule has 0 aliphatic carbocycles. The van der Waals surface area contributed by atoms with Crippen LogP contribution in [-0.4, -0.2) is 51.0 Å². The maximum atomic E-state index is 13.2. The number of anilines is 1. The van der Waals surface area contributed by atoms with Crippen LogP contribution in [0.3, 0.4) is 0 Å². The molecule has 8 nitrogen and oxygen atoms in total. The number of aromatic nitrogens is 2. The highest BCUT2D eigenvalue weighted by atomic mass is 35.5. The van der Waals surface area contributed by atoms with Gasteiger partial charge in [0.1, 0.15) is 11.5 Å². The molecule has 0 saturated carbocycles. The predicted octanol–water partition coefficient (Wildman–Crippen LogP) is 3.02. The van der Waals surface area contributed by atoms with Crippen LogP contribution in [0.25, 0.3) is 0 Å². The van der Waals surface area contributed by atoms with Gasteiger partial charge in [-0.05, 0) is 30.3 Å². The SMILES string of the molecule is CN(C)C(=O)c1ccc(N(Cc2cnc[nH]2)C(=O)c2cc(Cl)c(O)cc2O)cc1. The van der Waals surface area contributed by atoms with E-state index in [2.05, 4.69) is 9.97 Å². The maximum Gasteiger partial charge on any atom is 0.262 e. The monoisotopic (exact) mass is 414 g/mol. The number of halogens is 1. The van der Waals surface area contributed by atoms with Gasteiger partial charge in [-0.2, -0.15) is 0 Å². The molecule has 0 radical (unpaired) electrons. The summed E-state index contributed by atoms with van der Waals surface area (Å²) in [6.07, 6.45) is 3.07. The van der Waals surface area contributed by atoms with Gasteiger partial charge in [0.2, 0.25) is 0 Å². The van der Waals surface area contributed by atoms with Gasteiger partial charge >= 0.3 is 0 Å². The molecule has 3 aromatic rings. The Bertz CT molecular complexity index is 1030. The number of nitrogens with zero attached hydrogens (tertiary/aromatic N) is 3. The normalized spacial score (nSPS) is 10.6. The molecule has 0 aliphatic heterocycles. The number of nitrogens with one attached hydrogen (secondary N) is 1. The summed E-state index contributed by atoms with van der Waals surface area (Å²) in [5.74, 6) is -1.42. The lowest BCUT2D eigenvalue weighted by Crippen LogP contribution is -2.31. The second kappa shape index (κ2) is 8.24. The van der Waals surface area contributed by atoms with E-state index in [0.717, 1.165) is 6.07 Å². The van der Waals surface area contributed by atoms with Crippen molar-refractivity contribution in [3.63, 3.8) is 0 Å². The Morgan fingerprint density at radius 3 is 2.34 bits per heavy atom. The van der Waals surface area contributed by atoms with E-state index in [9.17, 15) is 19.8 Å². The second-order valence-electron chi connectivity index (χ2n) is 6.54. The number of hydrogen-bond donors (Lipinski definition) is 3. The second-order valence-corrected chi connectivity index (χ2v) is 6.94. The molecule has 9 heteroatoms. The van der Waals surface area contributed by atoms with Crippen LogP contribution in [0.15, 0.2) is 48.9 Å². The third-order valence-corrected chi connectivity index (χ3v) is 4.56. The summed E-state index contributed by atoms with van der Waals surface area (Å²) in [4.78, 5) is 35.1. The molecule has 0 bridgehead atoms. The van der Waals surface area contributed by atoms with E-state index in [-0.39, 0.29) is 28.8 Å². The smallest absolute Gasteiger partial charge is 0.262 e. The van der Waals surface area contributed by atoms with Crippen molar-refractivity contribution in [3.8, 4) is 11.5 Å². The number of phenols is 2. The largest absolute Gasteiger partial charge is 0.507 e. The zero-order valence-corrected chi connectivity index (χ0v) is 16.5. The van der Waals surface area contributed by atoms with Crippen molar-refractivity contribution in [3.05, 3.63) is 70.8 Å². The fourth-order valence-corrected chi connectivity index (χ4v) is 2.90. The van der Waals surface area contributed by atoms with Crippen LogP contribution in [0.4, 0.5) is 5.69 Å². The molecule has 0 aliphatic rings. The summed E-state index contributed by atoms with van der Waals surface area (Å²) in [6, 6.07) is 8.75.